The molecule has 1 saturated heterocycles. The summed E-state index contributed by atoms with van der Waals surface area (Å²) < 4.78 is 4.96. The van der Waals surface area contributed by atoms with Crippen molar-refractivity contribution in [1.29, 1.82) is 0 Å². The molecule has 3 rings (SSSR count). The molecule has 0 spiro atoms. The molecule has 6 heteroatoms. The van der Waals surface area contributed by atoms with E-state index in [0.29, 0.717) is 18.0 Å². The van der Waals surface area contributed by atoms with Crippen LogP contribution >= 0.6 is 11.3 Å². The van der Waals surface area contributed by atoms with E-state index in [1.807, 2.05) is 27.8 Å². The summed E-state index contributed by atoms with van der Waals surface area (Å²) in [7, 11) is 0. The second-order valence-electron chi connectivity index (χ2n) is 5.88. The highest BCUT2D eigenvalue weighted by atomic mass is 32.1. The Balaban J connectivity index is 1.39. The van der Waals surface area contributed by atoms with Crippen LogP contribution in [0.25, 0.3) is 6.08 Å². The Hall–Kier alpha value is -2.34. The number of nitrogens with zero attached hydrogens (tertiary/aromatic N) is 1. The van der Waals surface area contributed by atoms with Gasteiger partial charge in [-0.25, -0.2) is 0 Å². The van der Waals surface area contributed by atoms with Crippen LogP contribution < -0.4 is 5.32 Å². The second kappa shape index (κ2) is 7.97. The summed E-state index contributed by atoms with van der Waals surface area (Å²) in [5, 5.41) is 6.92. The number of thiophene rings is 1. The van der Waals surface area contributed by atoms with Crippen LogP contribution in [0.4, 0.5) is 0 Å². The van der Waals surface area contributed by atoms with Gasteiger partial charge in [-0.3, -0.25) is 9.59 Å². The lowest BCUT2D eigenvalue weighted by atomic mass is 9.96. The molecule has 1 aliphatic heterocycles. The van der Waals surface area contributed by atoms with E-state index in [4.69, 9.17) is 4.42 Å². The van der Waals surface area contributed by atoms with Crippen molar-refractivity contribution in [3.63, 3.8) is 0 Å². The van der Waals surface area contributed by atoms with Crippen LogP contribution in [0.15, 0.2) is 45.9 Å². The minimum Gasteiger partial charge on any atom is -0.472 e. The zero-order chi connectivity index (χ0) is 16.8. The molecule has 1 fully saturated rings. The Kier molecular flexibility index (Phi) is 5.48. The van der Waals surface area contributed by atoms with Gasteiger partial charge in [-0.1, -0.05) is 0 Å². The summed E-state index contributed by atoms with van der Waals surface area (Å²) in [6, 6.07) is 3.66. The van der Waals surface area contributed by atoms with Gasteiger partial charge in [0.15, 0.2) is 0 Å². The molecular weight excluding hydrogens is 324 g/mol. The molecule has 0 saturated carbocycles. The number of carbonyl (C=O) groups excluding carboxylic acids is 2. The SMILES string of the molecule is O=C(C=Cc1ccsc1)NCC1CCN(C(=O)c2ccoc2)CC1. The first kappa shape index (κ1) is 16.5. The standard InChI is InChI=1S/C18H20N2O3S/c21-17(2-1-15-6-10-24-13-15)19-11-14-3-7-20(8-4-14)18(22)16-5-9-23-12-16/h1-2,5-6,9-10,12-14H,3-4,7-8,11H2,(H,19,21). The summed E-state index contributed by atoms with van der Waals surface area (Å²) in [4.78, 5) is 25.9. The lowest BCUT2D eigenvalue weighted by Crippen LogP contribution is -2.41. The number of amides is 2. The molecule has 0 aliphatic carbocycles. The van der Waals surface area contributed by atoms with Crippen LogP contribution in [0.5, 0.6) is 0 Å². The highest BCUT2D eigenvalue weighted by Crippen LogP contribution is 2.18. The van der Waals surface area contributed by atoms with Crippen molar-refractivity contribution >= 4 is 29.2 Å². The van der Waals surface area contributed by atoms with Gasteiger partial charge >= 0.3 is 0 Å². The quantitative estimate of drug-likeness (QED) is 0.848. The molecule has 0 radical (unpaired) electrons. The predicted octanol–water partition coefficient (Wildman–Crippen LogP) is 3.02. The van der Waals surface area contributed by atoms with Crippen molar-refractivity contribution in [3.8, 4) is 0 Å². The first-order valence-electron chi connectivity index (χ1n) is 8.02. The number of nitrogens with one attached hydrogen (secondary N) is 1. The first-order valence-corrected chi connectivity index (χ1v) is 8.96. The van der Waals surface area contributed by atoms with Crippen molar-refractivity contribution < 1.29 is 14.0 Å². The highest BCUT2D eigenvalue weighted by molar-refractivity contribution is 7.08. The Bertz CT molecular complexity index is 684. The zero-order valence-electron chi connectivity index (χ0n) is 13.3. The summed E-state index contributed by atoms with van der Waals surface area (Å²) in [5.74, 6) is 0.361. The molecule has 2 aromatic heterocycles. The van der Waals surface area contributed by atoms with E-state index in [1.165, 1.54) is 12.5 Å². The number of furan rings is 1. The molecule has 0 atom stereocenters. The summed E-state index contributed by atoms with van der Waals surface area (Å²) in [5.41, 5.74) is 1.64. The van der Waals surface area contributed by atoms with Crippen molar-refractivity contribution in [2.45, 2.75) is 12.8 Å². The topological polar surface area (TPSA) is 62.6 Å². The maximum absolute atomic E-state index is 12.2. The molecule has 0 unspecified atom stereocenters. The fourth-order valence-corrected chi connectivity index (χ4v) is 3.38. The van der Waals surface area contributed by atoms with Gasteiger partial charge in [0.1, 0.15) is 6.26 Å². The van der Waals surface area contributed by atoms with Crippen molar-refractivity contribution in [3.05, 3.63) is 52.6 Å². The molecule has 2 aromatic rings. The molecule has 1 aliphatic rings. The number of carbonyl (C=O) groups is 2. The number of likely N-dealkylation sites (tertiary alicyclic amines) is 1. The van der Waals surface area contributed by atoms with Gasteiger partial charge in [-0.2, -0.15) is 11.3 Å². The zero-order valence-corrected chi connectivity index (χ0v) is 14.1. The second-order valence-corrected chi connectivity index (χ2v) is 6.66. The van der Waals surface area contributed by atoms with E-state index < -0.39 is 0 Å². The van der Waals surface area contributed by atoms with Gasteiger partial charge in [-0.05, 0) is 53.3 Å². The molecule has 2 amide bonds. The van der Waals surface area contributed by atoms with E-state index in [2.05, 4.69) is 5.32 Å². The van der Waals surface area contributed by atoms with Crippen molar-refractivity contribution in [2.24, 2.45) is 5.92 Å². The van der Waals surface area contributed by atoms with Gasteiger partial charge in [0.2, 0.25) is 5.91 Å². The number of rotatable bonds is 5. The Morgan fingerprint density at radius 1 is 1.33 bits per heavy atom. The predicted molar refractivity (Wildman–Crippen MR) is 93.7 cm³/mol. The van der Waals surface area contributed by atoms with E-state index in [-0.39, 0.29) is 11.8 Å². The van der Waals surface area contributed by atoms with E-state index in [0.717, 1.165) is 31.5 Å². The smallest absolute Gasteiger partial charge is 0.257 e. The Labute approximate surface area is 145 Å². The molecule has 24 heavy (non-hydrogen) atoms. The van der Waals surface area contributed by atoms with E-state index in [1.54, 1.807) is 23.5 Å². The maximum Gasteiger partial charge on any atom is 0.257 e. The minimum atomic E-state index is -0.0712. The van der Waals surface area contributed by atoms with Gasteiger partial charge in [-0.15, -0.1) is 0 Å². The lowest BCUT2D eigenvalue weighted by molar-refractivity contribution is -0.116. The van der Waals surface area contributed by atoms with Gasteiger partial charge in [0, 0.05) is 25.7 Å². The van der Waals surface area contributed by atoms with Crippen molar-refractivity contribution in [1.82, 2.24) is 10.2 Å². The Morgan fingerprint density at radius 3 is 2.83 bits per heavy atom. The number of hydrogen-bond acceptors (Lipinski definition) is 4. The number of hydrogen-bond donors (Lipinski definition) is 1. The number of piperidine rings is 1. The molecule has 3 heterocycles. The van der Waals surface area contributed by atoms with E-state index in [9.17, 15) is 9.59 Å². The third kappa shape index (κ3) is 4.35. The summed E-state index contributed by atoms with van der Waals surface area (Å²) in [6.45, 7) is 2.09. The first-order chi connectivity index (χ1) is 11.7. The van der Waals surface area contributed by atoms with Crippen LogP contribution in [-0.2, 0) is 4.79 Å². The van der Waals surface area contributed by atoms with Crippen molar-refractivity contribution in [2.75, 3.05) is 19.6 Å². The third-order valence-electron chi connectivity index (χ3n) is 4.21. The van der Waals surface area contributed by atoms with Crippen LogP contribution in [0.2, 0.25) is 0 Å². The third-order valence-corrected chi connectivity index (χ3v) is 4.91. The average Bonchev–Trinajstić information content (AvgIpc) is 3.31. The van der Waals surface area contributed by atoms with Crippen LogP contribution in [0.3, 0.4) is 0 Å². The molecule has 0 bridgehead atoms. The lowest BCUT2D eigenvalue weighted by Gasteiger charge is -2.31. The monoisotopic (exact) mass is 344 g/mol. The molecule has 0 aromatic carbocycles. The van der Waals surface area contributed by atoms with Crippen LogP contribution in [0, 0.1) is 5.92 Å². The average molecular weight is 344 g/mol. The van der Waals surface area contributed by atoms with E-state index >= 15 is 0 Å². The normalized spacial score (nSPS) is 15.8. The summed E-state index contributed by atoms with van der Waals surface area (Å²) >= 11 is 1.61. The summed E-state index contributed by atoms with van der Waals surface area (Å²) in [6.07, 6.45) is 8.18. The molecule has 5 nitrogen and oxygen atoms in total. The molecule has 1 N–H and O–H groups in total. The Morgan fingerprint density at radius 2 is 2.17 bits per heavy atom. The van der Waals surface area contributed by atoms with Gasteiger partial charge in [0.25, 0.3) is 5.91 Å². The fourth-order valence-electron chi connectivity index (χ4n) is 2.75. The molecular formula is C18H20N2O3S. The largest absolute Gasteiger partial charge is 0.472 e. The highest BCUT2D eigenvalue weighted by Gasteiger charge is 2.24. The van der Waals surface area contributed by atoms with Crippen LogP contribution in [-0.4, -0.2) is 36.3 Å². The fraction of sp³-hybridized carbons (Fsp3) is 0.333. The van der Waals surface area contributed by atoms with Gasteiger partial charge < -0.3 is 14.6 Å². The molecule has 126 valence electrons. The van der Waals surface area contributed by atoms with Gasteiger partial charge in [0.05, 0.1) is 11.8 Å². The van der Waals surface area contributed by atoms with Crippen LogP contribution in [0.1, 0.15) is 28.8 Å². The minimum absolute atomic E-state index is 0.0185. The maximum atomic E-state index is 12.2.